The molecule has 0 unspecified atom stereocenters. The molecule has 18 heavy (non-hydrogen) atoms. The predicted octanol–water partition coefficient (Wildman–Crippen LogP) is 2.44. The highest BCUT2D eigenvalue weighted by atomic mass is 16.5. The predicted molar refractivity (Wildman–Crippen MR) is 63.3 cm³/mol. The highest BCUT2D eigenvalue weighted by Crippen LogP contribution is 2.23. The molecule has 0 saturated carbocycles. The van der Waals surface area contributed by atoms with E-state index in [9.17, 15) is 0 Å². The first-order valence-electron chi connectivity index (χ1n) is 5.35. The van der Waals surface area contributed by atoms with Crippen LogP contribution < -0.4 is 9.47 Å². The molecule has 0 atom stereocenters. The second kappa shape index (κ2) is 5.23. The van der Waals surface area contributed by atoms with Crippen LogP contribution in [-0.2, 0) is 6.61 Å². The fourth-order valence-corrected chi connectivity index (χ4v) is 1.48. The van der Waals surface area contributed by atoms with E-state index in [2.05, 4.69) is 11.2 Å². The van der Waals surface area contributed by atoms with Crippen molar-refractivity contribution >= 4 is 0 Å². The van der Waals surface area contributed by atoms with Crippen LogP contribution in [0.25, 0.3) is 0 Å². The number of aryl methyl sites for hydroxylation is 1. The van der Waals surface area contributed by atoms with E-state index in [0.29, 0.717) is 22.8 Å². The quantitative estimate of drug-likeness (QED) is 0.826. The van der Waals surface area contributed by atoms with Gasteiger partial charge in [0.2, 0.25) is 0 Å². The maximum Gasteiger partial charge on any atom is 0.134 e. The van der Waals surface area contributed by atoms with Crippen LogP contribution in [0.5, 0.6) is 11.5 Å². The first-order valence-corrected chi connectivity index (χ1v) is 5.35. The summed E-state index contributed by atoms with van der Waals surface area (Å²) in [5, 5.41) is 12.7. The van der Waals surface area contributed by atoms with Crippen LogP contribution in [0.3, 0.4) is 0 Å². The maximum atomic E-state index is 8.88. The molecule has 0 amide bonds. The Labute approximate surface area is 105 Å². The number of rotatable bonds is 4. The molecule has 1 aromatic heterocycles. The molecule has 5 heteroatoms. The van der Waals surface area contributed by atoms with Gasteiger partial charge in [0.25, 0.3) is 0 Å². The first-order chi connectivity index (χ1) is 8.71. The summed E-state index contributed by atoms with van der Waals surface area (Å²) < 4.78 is 15.6. The number of nitriles is 1. The number of benzene rings is 1. The van der Waals surface area contributed by atoms with Crippen molar-refractivity contribution in [2.45, 2.75) is 13.5 Å². The third-order valence-corrected chi connectivity index (χ3v) is 2.31. The fourth-order valence-electron chi connectivity index (χ4n) is 1.48. The average Bonchev–Trinajstić information content (AvgIpc) is 2.81. The zero-order valence-electron chi connectivity index (χ0n) is 10.1. The molecule has 2 aromatic rings. The lowest BCUT2D eigenvalue weighted by Crippen LogP contribution is -1.96. The zero-order valence-corrected chi connectivity index (χ0v) is 10.1. The van der Waals surface area contributed by atoms with Crippen LogP contribution >= 0.6 is 0 Å². The smallest absolute Gasteiger partial charge is 0.134 e. The normalized spacial score (nSPS) is 9.83. The number of hydrogen-bond donors (Lipinski definition) is 0. The van der Waals surface area contributed by atoms with Crippen LogP contribution in [0.1, 0.15) is 17.0 Å². The summed E-state index contributed by atoms with van der Waals surface area (Å²) in [5.74, 6) is 1.88. The lowest BCUT2D eigenvalue weighted by Gasteiger charge is -2.06. The number of aromatic nitrogens is 1. The Morgan fingerprint density at radius 2 is 2.06 bits per heavy atom. The Hall–Kier alpha value is -2.48. The van der Waals surface area contributed by atoms with E-state index in [-0.39, 0.29) is 6.61 Å². The summed E-state index contributed by atoms with van der Waals surface area (Å²) in [6, 6.07) is 8.86. The van der Waals surface area contributed by atoms with E-state index >= 15 is 0 Å². The Morgan fingerprint density at radius 3 is 2.67 bits per heavy atom. The van der Waals surface area contributed by atoms with E-state index in [1.807, 2.05) is 6.92 Å². The van der Waals surface area contributed by atoms with Gasteiger partial charge < -0.3 is 14.0 Å². The third kappa shape index (κ3) is 2.80. The summed E-state index contributed by atoms with van der Waals surface area (Å²) >= 11 is 0. The second-order valence-electron chi connectivity index (χ2n) is 3.73. The molecule has 0 aliphatic carbocycles. The molecule has 0 saturated heterocycles. The Bertz CT molecular complexity index is 584. The number of methoxy groups -OCH3 is 1. The molecule has 0 N–H and O–H groups in total. The molecule has 0 radical (unpaired) electrons. The van der Waals surface area contributed by atoms with E-state index in [1.54, 1.807) is 31.4 Å². The first kappa shape index (κ1) is 12.0. The van der Waals surface area contributed by atoms with Crippen molar-refractivity contribution in [2.24, 2.45) is 0 Å². The van der Waals surface area contributed by atoms with Gasteiger partial charge in [0.15, 0.2) is 0 Å². The molecular formula is C13H12N2O3. The number of hydrogen-bond acceptors (Lipinski definition) is 5. The highest BCUT2D eigenvalue weighted by Gasteiger charge is 2.05. The van der Waals surface area contributed by atoms with Crippen LogP contribution in [0.2, 0.25) is 0 Å². The van der Waals surface area contributed by atoms with Crippen LogP contribution in [0, 0.1) is 18.3 Å². The van der Waals surface area contributed by atoms with E-state index in [4.69, 9.17) is 19.3 Å². The monoisotopic (exact) mass is 244 g/mol. The van der Waals surface area contributed by atoms with E-state index in [0.717, 1.165) is 5.76 Å². The van der Waals surface area contributed by atoms with Gasteiger partial charge in [0.05, 0.1) is 18.7 Å². The summed E-state index contributed by atoms with van der Waals surface area (Å²) in [6.07, 6.45) is 0. The molecule has 0 bridgehead atoms. The van der Waals surface area contributed by atoms with Gasteiger partial charge in [-0.3, -0.25) is 0 Å². The molecule has 92 valence electrons. The maximum absolute atomic E-state index is 8.88. The van der Waals surface area contributed by atoms with Gasteiger partial charge in [-0.1, -0.05) is 5.16 Å². The SMILES string of the molecule is COc1cc(C#N)cc(OCc2cc(C)on2)c1. The minimum Gasteiger partial charge on any atom is -0.497 e. The average molecular weight is 244 g/mol. The molecule has 0 aliphatic rings. The van der Waals surface area contributed by atoms with Crippen molar-refractivity contribution in [2.75, 3.05) is 7.11 Å². The molecule has 2 rings (SSSR count). The molecule has 0 fully saturated rings. The number of nitrogens with zero attached hydrogens (tertiary/aromatic N) is 2. The van der Waals surface area contributed by atoms with Gasteiger partial charge in [0.1, 0.15) is 29.6 Å². The standard InChI is InChI=1S/C13H12N2O3/c1-9-3-11(15-18-9)8-17-13-5-10(7-14)4-12(6-13)16-2/h3-6H,8H2,1-2H3. The summed E-state index contributed by atoms with van der Waals surface area (Å²) in [7, 11) is 1.54. The number of ether oxygens (including phenoxy) is 2. The third-order valence-electron chi connectivity index (χ3n) is 2.31. The van der Waals surface area contributed by atoms with E-state index < -0.39 is 0 Å². The highest BCUT2D eigenvalue weighted by molar-refractivity contribution is 5.43. The van der Waals surface area contributed by atoms with Gasteiger partial charge in [-0.2, -0.15) is 5.26 Å². The topological polar surface area (TPSA) is 68.3 Å². The lowest BCUT2D eigenvalue weighted by molar-refractivity contribution is 0.286. The van der Waals surface area contributed by atoms with Crippen molar-refractivity contribution in [3.8, 4) is 17.6 Å². The van der Waals surface area contributed by atoms with Crippen molar-refractivity contribution in [1.29, 1.82) is 5.26 Å². The molecular weight excluding hydrogens is 232 g/mol. The minimum absolute atomic E-state index is 0.287. The minimum atomic E-state index is 0.287. The Kier molecular flexibility index (Phi) is 3.49. The van der Waals surface area contributed by atoms with Crippen molar-refractivity contribution < 1.29 is 14.0 Å². The largest absolute Gasteiger partial charge is 0.497 e. The van der Waals surface area contributed by atoms with Crippen molar-refractivity contribution in [3.63, 3.8) is 0 Å². The van der Waals surface area contributed by atoms with Crippen LogP contribution in [0.15, 0.2) is 28.8 Å². The van der Waals surface area contributed by atoms with Crippen molar-refractivity contribution in [1.82, 2.24) is 5.16 Å². The van der Waals surface area contributed by atoms with Gasteiger partial charge >= 0.3 is 0 Å². The summed E-state index contributed by atoms with van der Waals surface area (Å²) in [6.45, 7) is 2.10. The zero-order chi connectivity index (χ0) is 13.0. The van der Waals surface area contributed by atoms with Gasteiger partial charge in [0, 0.05) is 12.1 Å². The van der Waals surface area contributed by atoms with Crippen LogP contribution in [0.4, 0.5) is 0 Å². The Balaban J connectivity index is 2.11. The van der Waals surface area contributed by atoms with Crippen molar-refractivity contribution in [3.05, 3.63) is 41.3 Å². The fraction of sp³-hybridized carbons (Fsp3) is 0.231. The van der Waals surface area contributed by atoms with Gasteiger partial charge in [-0.25, -0.2) is 0 Å². The van der Waals surface area contributed by atoms with Gasteiger partial charge in [-0.15, -0.1) is 0 Å². The molecule has 1 heterocycles. The second-order valence-corrected chi connectivity index (χ2v) is 3.73. The Morgan fingerprint density at radius 1 is 1.28 bits per heavy atom. The molecule has 1 aromatic carbocycles. The molecule has 0 spiro atoms. The molecule has 0 aliphatic heterocycles. The van der Waals surface area contributed by atoms with Gasteiger partial charge in [-0.05, 0) is 19.1 Å². The van der Waals surface area contributed by atoms with E-state index in [1.165, 1.54) is 0 Å². The molecule has 5 nitrogen and oxygen atoms in total. The lowest BCUT2D eigenvalue weighted by atomic mass is 10.2. The van der Waals surface area contributed by atoms with Crippen LogP contribution in [-0.4, -0.2) is 12.3 Å². The summed E-state index contributed by atoms with van der Waals surface area (Å²) in [5.41, 5.74) is 1.19. The summed E-state index contributed by atoms with van der Waals surface area (Å²) in [4.78, 5) is 0.